The summed E-state index contributed by atoms with van der Waals surface area (Å²) in [7, 11) is 0. The predicted molar refractivity (Wildman–Crippen MR) is 136 cm³/mol. The van der Waals surface area contributed by atoms with E-state index < -0.39 is 29.2 Å². The lowest BCUT2D eigenvalue weighted by Gasteiger charge is -2.49. The van der Waals surface area contributed by atoms with Gasteiger partial charge in [0.25, 0.3) is 11.8 Å². The van der Waals surface area contributed by atoms with Crippen molar-refractivity contribution in [2.24, 2.45) is 5.16 Å². The molecule has 12 nitrogen and oxygen atoms in total. The number of fused-ring (bicyclic) bond motifs is 1. The van der Waals surface area contributed by atoms with Gasteiger partial charge in [0, 0.05) is 28.4 Å². The van der Waals surface area contributed by atoms with Crippen molar-refractivity contribution in [2.75, 3.05) is 28.7 Å². The third-order valence-corrected chi connectivity index (χ3v) is 10.3. The van der Waals surface area contributed by atoms with Crippen LogP contribution in [0.4, 0.5) is 5.13 Å². The number of amides is 2. The van der Waals surface area contributed by atoms with E-state index in [2.05, 4.69) is 25.7 Å². The summed E-state index contributed by atoms with van der Waals surface area (Å²) in [5.41, 5.74) is 8.05. The molecular formula is C18H17N7O5S5. The number of carboxylic acids is 1. The van der Waals surface area contributed by atoms with Gasteiger partial charge in [-0.05, 0) is 5.57 Å². The quantitative estimate of drug-likeness (QED) is 0.169. The topological polar surface area (TPSA) is 173 Å². The normalized spacial score (nSPS) is 22.3. The number of thiazole rings is 1. The van der Waals surface area contributed by atoms with Crippen molar-refractivity contribution >= 4 is 86.6 Å². The molecule has 5 heterocycles. The molecule has 2 atom stereocenters. The van der Waals surface area contributed by atoms with Gasteiger partial charge in [0.15, 0.2) is 15.2 Å². The summed E-state index contributed by atoms with van der Waals surface area (Å²) in [5, 5.41) is 25.5. The second-order valence-electron chi connectivity index (χ2n) is 7.39. The SMILES string of the molecule is Nc1nc(/C(=N\OC2CSC2)C(=O)NC2C(=O)N3C(C(=O)O)=C(CSc4nncs4)CSC23)cs1. The number of oxime groups is 1. The van der Waals surface area contributed by atoms with Crippen LogP contribution in [-0.4, -0.2) is 89.2 Å². The first kappa shape index (κ1) is 24.4. The van der Waals surface area contributed by atoms with E-state index in [0.29, 0.717) is 21.4 Å². The fraction of sp³-hybridized carbons (Fsp3) is 0.389. The van der Waals surface area contributed by atoms with Crippen LogP contribution < -0.4 is 11.1 Å². The van der Waals surface area contributed by atoms with E-state index in [1.165, 1.54) is 39.8 Å². The highest BCUT2D eigenvalue weighted by Crippen LogP contribution is 2.41. The molecule has 0 aliphatic carbocycles. The maximum absolute atomic E-state index is 13.1. The monoisotopic (exact) mass is 571 g/mol. The Morgan fingerprint density at radius 2 is 2.20 bits per heavy atom. The molecule has 2 fully saturated rings. The van der Waals surface area contributed by atoms with Gasteiger partial charge < -0.3 is 21.0 Å². The predicted octanol–water partition coefficient (Wildman–Crippen LogP) is 0.944. The number of nitrogens with zero attached hydrogens (tertiary/aromatic N) is 5. The van der Waals surface area contributed by atoms with Gasteiger partial charge in [-0.15, -0.1) is 33.3 Å². The van der Waals surface area contributed by atoms with E-state index in [1.54, 1.807) is 22.7 Å². The Hall–Kier alpha value is -2.34. The molecule has 17 heteroatoms. The molecule has 4 N–H and O–H groups in total. The molecule has 2 unspecified atom stereocenters. The number of aromatic nitrogens is 3. The van der Waals surface area contributed by atoms with Crippen molar-refractivity contribution < 1.29 is 24.3 Å². The van der Waals surface area contributed by atoms with E-state index in [-0.39, 0.29) is 28.3 Å². The molecule has 3 aliphatic rings. The number of hydrogen-bond acceptors (Lipinski definition) is 14. The zero-order valence-electron chi connectivity index (χ0n) is 17.7. The van der Waals surface area contributed by atoms with Gasteiger partial charge in [-0.1, -0.05) is 28.3 Å². The Kier molecular flexibility index (Phi) is 7.19. The second kappa shape index (κ2) is 10.3. The molecule has 2 saturated heterocycles. The number of carbonyl (C=O) groups excluding carboxylic acids is 2. The fourth-order valence-electron chi connectivity index (χ4n) is 3.38. The highest BCUT2D eigenvalue weighted by atomic mass is 32.2. The number of nitrogens with one attached hydrogen (secondary N) is 1. The lowest BCUT2D eigenvalue weighted by Crippen LogP contribution is -2.71. The zero-order valence-corrected chi connectivity index (χ0v) is 21.7. The average Bonchev–Trinajstić information content (AvgIpc) is 3.48. The Balaban J connectivity index is 1.30. The first-order chi connectivity index (χ1) is 16.9. The first-order valence-electron chi connectivity index (χ1n) is 10.0. The molecule has 2 aromatic rings. The van der Waals surface area contributed by atoms with Crippen molar-refractivity contribution in [3.05, 3.63) is 27.9 Å². The number of thioether (sulfide) groups is 3. The average molecular weight is 572 g/mol. The molecule has 0 saturated carbocycles. The summed E-state index contributed by atoms with van der Waals surface area (Å²) in [4.78, 5) is 48.9. The van der Waals surface area contributed by atoms with Crippen LogP contribution in [-0.2, 0) is 19.2 Å². The molecule has 0 aromatic carbocycles. The summed E-state index contributed by atoms with van der Waals surface area (Å²) >= 11 is 6.98. The van der Waals surface area contributed by atoms with Crippen LogP contribution in [0, 0.1) is 0 Å². The number of nitrogens with two attached hydrogens (primary N) is 1. The molecular weight excluding hydrogens is 555 g/mol. The number of β-lactam (4-membered cyclic amide) rings is 1. The van der Waals surface area contributed by atoms with Crippen molar-refractivity contribution in [2.45, 2.75) is 21.9 Å². The minimum absolute atomic E-state index is 0.0479. The van der Waals surface area contributed by atoms with Crippen molar-refractivity contribution in [3.8, 4) is 0 Å². The number of carboxylic acid groups (broad SMARTS) is 1. The third kappa shape index (κ3) is 5.00. The molecule has 5 rings (SSSR count). The van der Waals surface area contributed by atoms with Crippen LogP contribution >= 0.6 is 58.0 Å². The van der Waals surface area contributed by atoms with Crippen LogP contribution in [0.1, 0.15) is 5.69 Å². The lowest BCUT2D eigenvalue weighted by atomic mass is 10.0. The van der Waals surface area contributed by atoms with Gasteiger partial charge in [-0.3, -0.25) is 14.5 Å². The fourth-order valence-corrected chi connectivity index (χ4v) is 7.45. The maximum Gasteiger partial charge on any atom is 0.352 e. The summed E-state index contributed by atoms with van der Waals surface area (Å²) in [5.74, 6) is -0.00383. The van der Waals surface area contributed by atoms with Crippen molar-refractivity contribution in [1.82, 2.24) is 25.4 Å². The molecule has 0 radical (unpaired) electrons. The standard InChI is InChI=1S/C18H17N7O5S5/c19-17-21-9(5-33-17)10(24-30-8-3-31-4-8)13(26)22-11-14(27)25-12(16(28)29)7(1-32-15(11)25)2-34-18-23-20-6-35-18/h5-6,8,11,15H,1-4H2,(H2,19,21)(H,22,26)(H,28,29)/b24-10+. The Labute approximate surface area is 219 Å². The number of hydrogen-bond donors (Lipinski definition) is 3. The zero-order chi connectivity index (χ0) is 24.5. The van der Waals surface area contributed by atoms with Gasteiger partial charge in [-0.2, -0.15) is 11.8 Å². The number of aliphatic carboxylic acids is 1. The molecule has 2 amide bonds. The highest BCUT2D eigenvalue weighted by molar-refractivity contribution is 8.02. The van der Waals surface area contributed by atoms with Gasteiger partial charge in [0.05, 0.1) is 0 Å². The smallest absolute Gasteiger partial charge is 0.352 e. The van der Waals surface area contributed by atoms with Gasteiger partial charge in [0.2, 0.25) is 0 Å². The Morgan fingerprint density at radius 1 is 1.37 bits per heavy atom. The highest BCUT2D eigenvalue weighted by Gasteiger charge is 2.54. The van der Waals surface area contributed by atoms with Gasteiger partial charge >= 0.3 is 5.97 Å². The number of carbonyl (C=O) groups is 3. The van der Waals surface area contributed by atoms with Crippen LogP contribution in [0.5, 0.6) is 0 Å². The number of anilines is 1. The second-order valence-corrected chi connectivity index (χ2v) is 12.5. The van der Waals surface area contributed by atoms with E-state index in [4.69, 9.17) is 10.6 Å². The lowest BCUT2D eigenvalue weighted by molar-refractivity contribution is -0.150. The van der Waals surface area contributed by atoms with Crippen LogP contribution in [0.2, 0.25) is 0 Å². The van der Waals surface area contributed by atoms with Crippen LogP contribution in [0.15, 0.2) is 31.7 Å². The van der Waals surface area contributed by atoms with E-state index in [1.807, 2.05) is 0 Å². The van der Waals surface area contributed by atoms with E-state index in [0.717, 1.165) is 22.8 Å². The van der Waals surface area contributed by atoms with E-state index in [9.17, 15) is 19.5 Å². The minimum Gasteiger partial charge on any atom is -0.477 e. The summed E-state index contributed by atoms with van der Waals surface area (Å²) in [6, 6.07) is -0.903. The summed E-state index contributed by atoms with van der Waals surface area (Å²) < 4.78 is 0.714. The first-order valence-corrected chi connectivity index (χ1v) is 15.0. The molecule has 3 aliphatic heterocycles. The van der Waals surface area contributed by atoms with Crippen LogP contribution in [0.3, 0.4) is 0 Å². The van der Waals surface area contributed by atoms with Gasteiger partial charge in [-0.25, -0.2) is 9.78 Å². The Bertz CT molecular complexity index is 1210. The van der Waals surface area contributed by atoms with Gasteiger partial charge in [0.1, 0.15) is 34.4 Å². The van der Waals surface area contributed by atoms with Crippen LogP contribution in [0.25, 0.3) is 0 Å². The molecule has 35 heavy (non-hydrogen) atoms. The van der Waals surface area contributed by atoms with E-state index >= 15 is 0 Å². The van der Waals surface area contributed by atoms with Crippen molar-refractivity contribution in [3.63, 3.8) is 0 Å². The number of nitrogen functional groups attached to an aromatic ring is 1. The van der Waals surface area contributed by atoms with Crippen molar-refractivity contribution in [1.29, 1.82) is 0 Å². The third-order valence-electron chi connectivity index (χ3n) is 5.13. The minimum atomic E-state index is -1.19. The Morgan fingerprint density at radius 3 is 2.83 bits per heavy atom. The maximum atomic E-state index is 13.1. The molecule has 184 valence electrons. The molecule has 2 aromatic heterocycles. The summed E-state index contributed by atoms with van der Waals surface area (Å²) in [6.45, 7) is 0. The summed E-state index contributed by atoms with van der Waals surface area (Å²) in [6.07, 6.45) is -0.0896. The molecule has 0 bridgehead atoms. The number of rotatable bonds is 9. The molecule has 0 spiro atoms. The largest absolute Gasteiger partial charge is 0.477 e.